The summed E-state index contributed by atoms with van der Waals surface area (Å²) < 4.78 is 39.9. The van der Waals surface area contributed by atoms with Crippen LogP contribution in [0.3, 0.4) is 0 Å². The van der Waals surface area contributed by atoms with Gasteiger partial charge in [-0.15, -0.1) is 0 Å². The lowest BCUT2D eigenvalue weighted by Crippen LogP contribution is -2.45. The first-order chi connectivity index (χ1) is 16.4. The third kappa shape index (κ3) is 5.82. The number of nitrogens with one attached hydrogen (secondary N) is 2. The van der Waals surface area contributed by atoms with E-state index in [9.17, 15) is 8.78 Å². The van der Waals surface area contributed by atoms with Gasteiger partial charge in [0.25, 0.3) is 0 Å². The van der Waals surface area contributed by atoms with Crippen molar-refractivity contribution in [1.82, 2.24) is 20.3 Å². The number of aliphatic imine (C=N–C) groups is 1. The number of guanidine groups is 1. The summed E-state index contributed by atoms with van der Waals surface area (Å²) in [6.45, 7) is 7.85. The minimum Gasteiger partial charge on any atom is -0.490 e. The number of halogens is 2. The lowest BCUT2D eigenvalue weighted by molar-refractivity contribution is 0.00709. The molecule has 11 heteroatoms. The lowest BCUT2D eigenvalue weighted by atomic mass is 10.1. The Morgan fingerprint density at radius 1 is 1.18 bits per heavy atom. The number of nitrogens with zero attached hydrogens (tertiary/aromatic N) is 4. The van der Waals surface area contributed by atoms with Crippen molar-refractivity contribution in [3.63, 3.8) is 0 Å². The highest BCUT2D eigenvalue weighted by Gasteiger charge is 2.28. The number of anilines is 2. The molecular weight excluding hydrogens is 446 g/mol. The van der Waals surface area contributed by atoms with Crippen molar-refractivity contribution in [2.75, 3.05) is 25.0 Å². The highest BCUT2D eigenvalue weighted by Crippen LogP contribution is 2.28. The quantitative estimate of drug-likeness (QED) is 0.591. The summed E-state index contributed by atoms with van der Waals surface area (Å²) in [6.07, 6.45) is 3.36. The van der Waals surface area contributed by atoms with Crippen molar-refractivity contribution in [2.24, 2.45) is 10.9 Å². The first-order valence-corrected chi connectivity index (χ1v) is 11.5. The number of piperidine rings is 1. The van der Waals surface area contributed by atoms with Gasteiger partial charge < -0.3 is 19.7 Å². The average Bonchev–Trinajstić information content (AvgIpc) is 3.32. The summed E-state index contributed by atoms with van der Waals surface area (Å²) in [4.78, 5) is 20.5. The fourth-order valence-electron chi connectivity index (χ4n) is 3.63. The van der Waals surface area contributed by atoms with E-state index >= 15 is 0 Å². The summed E-state index contributed by atoms with van der Waals surface area (Å²) in [5, 5.41) is 2.78. The van der Waals surface area contributed by atoms with Crippen molar-refractivity contribution in [3.05, 3.63) is 36.2 Å². The van der Waals surface area contributed by atoms with Crippen LogP contribution >= 0.6 is 0 Å². The Kier molecular flexibility index (Phi) is 7.61. The Morgan fingerprint density at radius 2 is 1.97 bits per heavy atom. The standard InChI is InChI=1S/C23H30F2N6O3/c1-4-9-32-19-11-16(24)18(10-17(19)25)28-20-12-21(27-13-26-20)33-15-5-7-31(8-6-15)23-29-22(14(2)3)34-30-23/h10-15,22H,4-9H2,1-3H3,(H,29,30)(H,26,27,28). The number of hydroxylamine groups is 1. The molecular formula is C23H30F2N6O3. The molecule has 1 saturated heterocycles. The second-order valence-electron chi connectivity index (χ2n) is 8.59. The summed E-state index contributed by atoms with van der Waals surface area (Å²) in [7, 11) is 0. The van der Waals surface area contributed by atoms with Crippen LogP contribution in [0.2, 0.25) is 0 Å². The van der Waals surface area contributed by atoms with E-state index < -0.39 is 11.6 Å². The minimum atomic E-state index is -0.652. The van der Waals surface area contributed by atoms with Crippen molar-refractivity contribution in [1.29, 1.82) is 0 Å². The Labute approximate surface area is 197 Å². The monoisotopic (exact) mass is 476 g/mol. The van der Waals surface area contributed by atoms with Crippen molar-refractivity contribution in [2.45, 2.75) is 52.4 Å². The largest absolute Gasteiger partial charge is 0.490 e. The molecule has 0 bridgehead atoms. The summed E-state index contributed by atoms with van der Waals surface area (Å²) in [6, 6.07) is 3.64. The van der Waals surface area contributed by atoms with Crippen molar-refractivity contribution in [3.8, 4) is 11.6 Å². The van der Waals surface area contributed by atoms with Crippen LogP contribution in [0, 0.1) is 17.6 Å². The molecule has 34 heavy (non-hydrogen) atoms. The molecule has 9 nitrogen and oxygen atoms in total. The van der Waals surface area contributed by atoms with Crippen LogP contribution in [0.15, 0.2) is 29.5 Å². The number of hydrogen-bond donors (Lipinski definition) is 2. The molecule has 0 amide bonds. The van der Waals surface area contributed by atoms with E-state index in [2.05, 4.69) is 44.5 Å². The summed E-state index contributed by atoms with van der Waals surface area (Å²) in [5.41, 5.74) is 2.87. The fourth-order valence-corrected chi connectivity index (χ4v) is 3.63. The van der Waals surface area contributed by atoms with Gasteiger partial charge in [-0.2, -0.15) is 0 Å². The molecule has 1 atom stereocenters. The number of benzene rings is 1. The maximum absolute atomic E-state index is 14.4. The van der Waals surface area contributed by atoms with Crippen molar-refractivity contribution < 1.29 is 23.1 Å². The van der Waals surface area contributed by atoms with Gasteiger partial charge in [0.1, 0.15) is 18.2 Å². The van der Waals surface area contributed by atoms with Crippen LogP contribution in [0.1, 0.15) is 40.0 Å². The van der Waals surface area contributed by atoms with Gasteiger partial charge in [-0.1, -0.05) is 20.8 Å². The van der Waals surface area contributed by atoms with Crippen LogP contribution in [-0.2, 0) is 4.84 Å². The van der Waals surface area contributed by atoms with Crippen LogP contribution in [0.4, 0.5) is 20.3 Å². The highest BCUT2D eigenvalue weighted by atomic mass is 19.1. The molecule has 0 spiro atoms. The zero-order valence-corrected chi connectivity index (χ0v) is 19.6. The lowest BCUT2D eigenvalue weighted by Gasteiger charge is -2.32. The Morgan fingerprint density at radius 3 is 2.68 bits per heavy atom. The Balaban J connectivity index is 1.33. The zero-order chi connectivity index (χ0) is 24.1. The molecule has 0 saturated carbocycles. The van der Waals surface area contributed by atoms with Gasteiger partial charge in [-0.25, -0.2) is 34.1 Å². The second kappa shape index (κ2) is 10.8. The molecule has 4 rings (SSSR count). The number of likely N-dealkylation sites (tertiary alicyclic amines) is 1. The number of aromatic nitrogens is 2. The maximum Gasteiger partial charge on any atom is 0.221 e. The second-order valence-corrected chi connectivity index (χ2v) is 8.59. The van der Waals surface area contributed by atoms with Crippen LogP contribution in [0.25, 0.3) is 0 Å². The van der Waals surface area contributed by atoms with E-state index in [0.717, 1.165) is 44.0 Å². The van der Waals surface area contributed by atoms with E-state index in [1.807, 2.05) is 6.92 Å². The van der Waals surface area contributed by atoms with E-state index in [1.54, 1.807) is 6.07 Å². The van der Waals surface area contributed by atoms with E-state index in [4.69, 9.17) is 14.3 Å². The summed E-state index contributed by atoms with van der Waals surface area (Å²) in [5.74, 6) is 0.292. The van der Waals surface area contributed by atoms with Crippen LogP contribution in [0.5, 0.6) is 11.6 Å². The molecule has 184 valence electrons. The fraction of sp³-hybridized carbons (Fsp3) is 0.522. The third-order valence-electron chi connectivity index (χ3n) is 5.51. The van der Waals surface area contributed by atoms with E-state index in [0.29, 0.717) is 30.6 Å². The van der Waals surface area contributed by atoms with Crippen LogP contribution < -0.4 is 20.3 Å². The molecule has 1 fully saturated rings. The first-order valence-electron chi connectivity index (χ1n) is 11.5. The SMILES string of the molecule is CCCOc1cc(F)c(Nc2cc(OC3CCN(C4=NC(C(C)C)ON4)CC3)ncn2)cc1F. The van der Waals surface area contributed by atoms with Crippen LogP contribution in [-0.4, -0.2) is 52.9 Å². The minimum absolute atomic E-state index is 0.0352. The topological polar surface area (TPSA) is 93.1 Å². The Bertz CT molecular complexity index is 1010. The van der Waals surface area contributed by atoms with Gasteiger partial charge in [-0.3, -0.25) is 0 Å². The highest BCUT2D eigenvalue weighted by molar-refractivity contribution is 5.80. The third-order valence-corrected chi connectivity index (χ3v) is 5.51. The van der Waals surface area contributed by atoms with Crippen molar-refractivity contribution >= 4 is 17.5 Å². The molecule has 3 heterocycles. The number of ether oxygens (including phenoxy) is 2. The number of hydrogen-bond acceptors (Lipinski definition) is 9. The van der Waals surface area contributed by atoms with E-state index in [-0.39, 0.29) is 23.8 Å². The molecule has 2 aliphatic heterocycles. The molecule has 0 radical (unpaired) electrons. The zero-order valence-electron chi connectivity index (χ0n) is 19.6. The summed E-state index contributed by atoms with van der Waals surface area (Å²) >= 11 is 0. The van der Waals surface area contributed by atoms with Gasteiger partial charge in [0.2, 0.25) is 11.8 Å². The smallest absolute Gasteiger partial charge is 0.221 e. The van der Waals surface area contributed by atoms with Gasteiger partial charge in [0, 0.05) is 50.0 Å². The average molecular weight is 477 g/mol. The van der Waals surface area contributed by atoms with Gasteiger partial charge in [-0.05, 0) is 6.42 Å². The van der Waals surface area contributed by atoms with E-state index in [1.165, 1.54) is 6.33 Å². The normalized spacial score (nSPS) is 18.6. The molecule has 1 aromatic heterocycles. The molecule has 2 N–H and O–H groups in total. The maximum atomic E-state index is 14.4. The molecule has 1 unspecified atom stereocenters. The Hall–Kier alpha value is -3.21. The predicted octanol–water partition coefficient (Wildman–Crippen LogP) is 4.00. The van der Waals surface area contributed by atoms with Gasteiger partial charge in [0.05, 0.1) is 12.3 Å². The number of rotatable bonds is 8. The molecule has 0 aliphatic carbocycles. The molecule has 1 aromatic carbocycles. The first kappa shape index (κ1) is 23.9. The van der Waals surface area contributed by atoms with Gasteiger partial charge >= 0.3 is 0 Å². The van der Waals surface area contributed by atoms with Gasteiger partial charge in [0.15, 0.2) is 23.6 Å². The molecule has 2 aromatic rings. The predicted molar refractivity (Wildman–Crippen MR) is 123 cm³/mol. The molecule has 2 aliphatic rings.